The van der Waals surface area contributed by atoms with Gasteiger partial charge in [0, 0.05) is 0 Å². The molecular formula is C29H30O. The number of hydrogen-bond donors (Lipinski definition) is 0. The number of ether oxygens (including phenoxy) is 1. The Morgan fingerprint density at radius 2 is 1.53 bits per heavy atom. The molecule has 152 valence electrons. The minimum Gasteiger partial charge on any atom is -0.483 e. The zero-order valence-corrected chi connectivity index (χ0v) is 18.4. The van der Waals surface area contributed by atoms with Crippen molar-refractivity contribution in [3.8, 4) is 16.9 Å². The van der Waals surface area contributed by atoms with Crippen LogP contribution in [0.3, 0.4) is 0 Å². The lowest BCUT2D eigenvalue weighted by molar-refractivity contribution is 0.109. The molecule has 0 radical (unpaired) electrons. The Morgan fingerprint density at radius 1 is 0.800 bits per heavy atom. The topological polar surface area (TPSA) is 9.23 Å². The highest BCUT2D eigenvalue weighted by molar-refractivity contribution is 5.97. The van der Waals surface area contributed by atoms with Crippen LogP contribution in [-0.4, -0.2) is 0 Å². The van der Waals surface area contributed by atoms with Gasteiger partial charge < -0.3 is 4.74 Å². The summed E-state index contributed by atoms with van der Waals surface area (Å²) < 4.78 is 6.42. The molecule has 0 heterocycles. The monoisotopic (exact) mass is 394 g/mol. The van der Waals surface area contributed by atoms with Gasteiger partial charge in [0.15, 0.2) is 0 Å². The first-order valence-corrected chi connectivity index (χ1v) is 10.9. The average Bonchev–Trinajstić information content (AvgIpc) is 2.78. The van der Waals surface area contributed by atoms with E-state index in [9.17, 15) is 0 Å². The van der Waals surface area contributed by atoms with Crippen molar-refractivity contribution in [3.63, 3.8) is 0 Å². The first kappa shape index (κ1) is 20.2. The molecule has 0 saturated heterocycles. The fourth-order valence-corrected chi connectivity index (χ4v) is 3.98. The van der Waals surface area contributed by atoms with E-state index in [4.69, 9.17) is 4.74 Å². The van der Waals surface area contributed by atoms with E-state index in [0.717, 1.165) is 12.2 Å². The minimum atomic E-state index is -0.422. The largest absolute Gasteiger partial charge is 0.483 e. The summed E-state index contributed by atoms with van der Waals surface area (Å²) in [7, 11) is 0. The Morgan fingerprint density at radius 3 is 2.23 bits per heavy atom. The molecule has 0 N–H and O–H groups in total. The SMILES string of the molecule is CCC(C)c1ccc(OC(C)(C)c2ccc3c(-c4ccccc4)cccc3c2)cc1. The Bertz CT molecular complexity index is 1120. The summed E-state index contributed by atoms with van der Waals surface area (Å²) in [6.45, 7) is 8.76. The van der Waals surface area contributed by atoms with Crippen LogP contribution >= 0.6 is 0 Å². The lowest BCUT2D eigenvalue weighted by Crippen LogP contribution is -2.25. The summed E-state index contributed by atoms with van der Waals surface area (Å²) in [5, 5.41) is 2.50. The van der Waals surface area contributed by atoms with Crippen LogP contribution < -0.4 is 4.74 Å². The van der Waals surface area contributed by atoms with Crippen LogP contribution in [0.25, 0.3) is 21.9 Å². The molecule has 0 spiro atoms. The summed E-state index contributed by atoms with van der Waals surface area (Å²) in [5.41, 5.74) is 4.62. The number of fused-ring (bicyclic) bond motifs is 1. The van der Waals surface area contributed by atoms with Crippen molar-refractivity contribution >= 4 is 10.8 Å². The lowest BCUT2D eigenvalue weighted by Gasteiger charge is -2.28. The average molecular weight is 395 g/mol. The zero-order chi connectivity index (χ0) is 21.1. The van der Waals surface area contributed by atoms with Gasteiger partial charge in [0.1, 0.15) is 11.4 Å². The van der Waals surface area contributed by atoms with Crippen LogP contribution in [-0.2, 0) is 5.60 Å². The Kier molecular flexibility index (Phi) is 5.63. The maximum atomic E-state index is 6.42. The molecule has 0 aliphatic rings. The fraction of sp³-hybridized carbons (Fsp3) is 0.241. The predicted molar refractivity (Wildman–Crippen MR) is 128 cm³/mol. The second-order valence-electron chi connectivity index (χ2n) is 8.60. The molecule has 0 aromatic heterocycles. The molecule has 30 heavy (non-hydrogen) atoms. The third-order valence-corrected chi connectivity index (χ3v) is 6.09. The van der Waals surface area contributed by atoms with Crippen LogP contribution in [0.4, 0.5) is 0 Å². The number of hydrogen-bond acceptors (Lipinski definition) is 1. The summed E-state index contributed by atoms with van der Waals surface area (Å²) in [6, 6.07) is 32.3. The Balaban J connectivity index is 1.63. The summed E-state index contributed by atoms with van der Waals surface area (Å²) in [6.07, 6.45) is 1.15. The molecule has 0 aliphatic carbocycles. The van der Waals surface area contributed by atoms with Gasteiger partial charge in [0.25, 0.3) is 0 Å². The molecule has 1 nitrogen and oxygen atoms in total. The van der Waals surface area contributed by atoms with E-state index in [-0.39, 0.29) is 0 Å². The predicted octanol–water partition coefficient (Wildman–Crippen LogP) is 8.33. The van der Waals surface area contributed by atoms with Gasteiger partial charge in [-0.3, -0.25) is 0 Å². The normalized spacial score (nSPS) is 12.7. The van der Waals surface area contributed by atoms with E-state index >= 15 is 0 Å². The molecule has 1 heteroatoms. The molecule has 0 amide bonds. The van der Waals surface area contributed by atoms with Crippen molar-refractivity contribution in [1.29, 1.82) is 0 Å². The van der Waals surface area contributed by atoms with E-state index in [2.05, 4.69) is 119 Å². The van der Waals surface area contributed by atoms with Crippen LogP contribution in [0.15, 0.2) is 91.0 Å². The highest BCUT2D eigenvalue weighted by Gasteiger charge is 2.23. The molecule has 0 fully saturated rings. The van der Waals surface area contributed by atoms with E-state index in [1.807, 2.05) is 0 Å². The van der Waals surface area contributed by atoms with E-state index < -0.39 is 5.60 Å². The number of rotatable bonds is 6. The van der Waals surface area contributed by atoms with Crippen LogP contribution in [0.1, 0.15) is 51.2 Å². The van der Waals surface area contributed by atoms with Crippen molar-refractivity contribution in [1.82, 2.24) is 0 Å². The molecule has 1 atom stereocenters. The maximum Gasteiger partial charge on any atom is 0.128 e. The van der Waals surface area contributed by atoms with Crippen molar-refractivity contribution in [3.05, 3.63) is 102 Å². The van der Waals surface area contributed by atoms with Gasteiger partial charge in [-0.1, -0.05) is 86.6 Å². The van der Waals surface area contributed by atoms with Crippen LogP contribution in [0, 0.1) is 0 Å². The molecule has 4 aromatic rings. The minimum absolute atomic E-state index is 0.422. The van der Waals surface area contributed by atoms with Crippen molar-refractivity contribution in [2.45, 2.75) is 45.6 Å². The number of benzene rings is 4. The Labute approximate surface area is 180 Å². The third kappa shape index (κ3) is 4.11. The molecule has 4 aromatic carbocycles. The van der Waals surface area contributed by atoms with E-state index in [1.165, 1.54) is 33.0 Å². The highest BCUT2D eigenvalue weighted by Crippen LogP contribution is 2.34. The van der Waals surface area contributed by atoms with Gasteiger partial charge >= 0.3 is 0 Å². The fourth-order valence-electron chi connectivity index (χ4n) is 3.98. The van der Waals surface area contributed by atoms with E-state index in [1.54, 1.807) is 0 Å². The van der Waals surface area contributed by atoms with E-state index in [0.29, 0.717) is 5.92 Å². The van der Waals surface area contributed by atoms with Crippen molar-refractivity contribution in [2.24, 2.45) is 0 Å². The standard InChI is InChI=1S/C29H30O/c1-5-21(2)22-14-17-26(18-15-22)30-29(3,4)25-16-19-28-24(20-25)12-9-13-27(28)23-10-7-6-8-11-23/h6-21H,5H2,1-4H3. The molecule has 0 aliphatic heterocycles. The van der Waals surface area contributed by atoms with Gasteiger partial charge in [-0.2, -0.15) is 0 Å². The Hall–Kier alpha value is -3.06. The first-order valence-electron chi connectivity index (χ1n) is 10.9. The first-order chi connectivity index (χ1) is 14.5. The van der Waals surface area contributed by atoms with Gasteiger partial charge in [-0.05, 0) is 77.4 Å². The second kappa shape index (κ2) is 8.36. The zero-order valence-electron chi connectivity index (χ0n) is 18.4. The van der Waals surface area contributed by atoms with Gasteiger partial charge in [-0.25, -0.2) is 0 Å². The maximum absolute atomic E-state index is 6.42. The summed E-state index contributed by atoms with van der Waals surface area (Å²) >= 11 is 0. The van der Waals surface area contributed by atoms with Crippen molar-refractivity contribution in [2.75, 3.05) is 0 Å². The molecular weight excluding hydrogens is 364 g/mol. The molecule has 4 rings (SSSR count). The van der Waals surface area contributed by atoms with Crippen LogP contribution in [0.5, 0.6) is 5.75 Å². The van der Waals surface area contributed by atoms with Crippen LogP contribution in [0.2, 0.25) is 0 Å². The molecule has 1 unspecified atom stereocenters. The molecule has 0 bridgehead atoms. The van der Waals surface area contributed by atoms with Gasteiger partial charge in [-0.15, -0.1) is 0 Å². The van der Waals surface area contributed by atoms with Crippen molar-refractivity contribution < 1.29 is 4.74 Å². The second-order valence-corrected chi connectivity index (χ2v) is 8.60. The third-order valence-electron chi connectivity index (χ3n) is 6.09. The highest BCUT2D eigenvalue weighted by atomic mass is 16.5. The quantitative estimate of drug-likeness (QED) is 0.319. The van der Waals surface area contributed by atoms with Gasteiger partial charge in [0.2, 0.25) is 0 Å². The summed E-state index contributed by atoms with van der Waals surface area (Å²) in [4.78, 5) is 0. The molecule has 0 saturated carbocycles. The van der Waals surface area contributed by atoms with Gasteiger partial charge in [0.05, 0.1) is 0 Å². The lowest BCUT2D eigenvalue weighted by atomic mass is 9.92. The summed E-state index contributed by atoms with van der Waals surface area (Å²) in [5.74, 6) is 1.48. The smallest absolute Gasteiger partial charge is 0.128 e.